The Balaban J connectivity index is 1.69. The van der Waals surface area contributed by atoms with Gasteiger partial charge in [0.2, 0.25) is 0 Å². The van der Waals surface area contributed by atoms with E-state index in [0.717, 1.165) is 21.4 Å². The number of aromatic nitrogens is 1. The van der Waals surface area contributed by atoms with E-state index in [1.54, 1.807) is 6.20 Å². The van der Waals surface area contributed by atoms with E-state index >= 15 is 0 Å². The van der Waals surface area contributed by atoms with Crippen LogP contribution < -0.4 is 10.6 Å². The fraction of sp³-hybridized carbons (Fsp3) is 0.100. The van der Waals surface area contributed by atoms with Gasteiger partial charge in [-0.25, -0.2) is 0 Å². The maximum Gasteiger partial charge on any atom is 0.153 e. The minimum Gasteiger partial charge on any atom is -0.359 e. The zero-order chi connectivity index (χ0) is 17.1. The van der Waals surface area contributed by atoms with Crippen molar-refractivity contribution in [1.82, 2.24) is 10.3 Å². The van der Waals surface area contributed by atoms with Gasteiger partial charge in [-0.2, -0.15) is 0 Å². The van der Waals surface area contributed by atoms with Crippen molar-refractivity contribution >= 4 is 27.8 Å². The highest BCUT2D eigenvalue weighted by Crippen LogP contribution is 2.31. The summed E-state index contributed by atoms with van der Waals surface area (Å²) in [4.78, 5) is 9.11. The van der Waals surface area contributed by atoms with E-state index in [0.29, 0.717) is 0 Å². The molecule has 0 radical (unpaired) electrons. The van der Waals surface area contributed by atoms with Gasteiger partial charge in [-0.1, -0.05) is 52.3 Å². The molecule has 0 fully saturated rings. The standard InChI is InChI=1S/C20H17BrN4/c21-16-9-11-17(12-10-16)24-20(15-6-2-1-3-7-15)14-23-19(25-20)18-8-4-5-13-22-18/h1-14,19,24-25H. The van der Waals surface area contributed by atoms with Crippen LogP contribution in [0.15, 0.2) is 88.5 Å². The van der Waals surface area contributed by atoms with Gasteiger partial charge in [-0.15, -0.1) is 0 Å². The van der Waals surface area contributed by atoms with Crippen molar-refractivity contribution < 1.29 is 0 Å². The molecule has 1 aromatic heterocycles. The zero-order valence-corrected chi connectivity index (χ0v) is 15.0. The molecule has 2 unspecified atom stereocenters. The second-order valence-corrected chi connectivity index (χ2v) is 6.80. The van der Waals surface area contributed by atoms with Gasteiger partial charge >= 0.3 is 0 Å². The summed E-state index contributed by atoms with van der Waals surface area (Å²) >= 11 is 3.48. The summed E-state index contributed by atoms with van der Waals surface area (Å²) in [5.74, 6) is 0. The van der Waals surface area contributed by atoms with Gasteiger partial charge in [-0.3, -0.25) is 15.3 Å². The molecule has 2 N–H and O–H groups in total. The van der Waals surface area contributed by atoms with Crippen LogP contribution in [0.5, 0.6) is 0 Å². The Morgan fingerprint density at radius 1 is 0.920 bits per heavy atom. The van der Waals surface area contributed by atoms with Crippen LogP contribution in [0, 0.1) is 0 Å². The first-order valence-electron chi connectivity index (χ1n) is 8.07. The number of nitrogens with zero attached hydrogens (tertiary/aromatic N) is 2. The zero-order valence-electron chi connectivity index (χ0n) is 13.4. The Labute approximate surface area is 155 Å². The quantitative estimate of drug-likeness (QED) is 0.687. The van der Waals surface area contributed by atoms with Gasteiger partial charge in [0, 0.05) is 22.6 Å². The molecular formula is C20H17BrN4. The van der Waals surface area contributed by atoms with E-state index in [-0.39, 0.29) is 6.17 Å². The fourth-order valence-corrected chi connectivity index (χ4v) is 3.19. The second kappa shape index (κ2) is 6.78. The molecule has 4 nitrogen and oxygen atoms in total. The number of rotatable bonds is 4. The van der Waals surface area contributed by atoms with Crippen molar-refractivity contribution in [2.24, 2.45) is 4.99 Å². The van der Waals surface area contributed by atoms with Crippen molar-refractivity contribution in [2.45, 2.75) is 11.8 Å². The lowest BCUT2D eigenvalue weighted by Gasteiger charge is -2.31. The van der Waals surface area contributed by atoms with E-state index in [4.69, 9.17) is 0 Å². The molecule has 2 aromatic carbocycles. The van der Waals surface area contributed by atoms with Crippen LogP contribution in [-0.4, -0.2) is 11.2 Å². The van der Waals surface area contributed by atoms with E-state index in [9.17, 15) is 0 Å². The van der Waals surface area contributed by atoms with Gasteiger partial charge in [0.25, 0.3) is 0 Å². The van der Waals surface area contributed by atoms with Crippen LogP contribution in [-0.2, 0) is 5.66 Å². The molecule has 2 atom stereocenters. The Kier molecular flexibility index (Phi) is 4.34. The molecule has 124 valence electrons. The Morgan fingerprint density at radius 2 is 1.68 bits per heavy atom. The number of pyridine rings is 1. The first kappa shape index (κ1) is 16.0. The summed E-state index contributed by atoms with van der Waals surface area (Å²) in [5.41, 5.74) is 2.42. The second-order valence-electron chi connectivity index (χ2n) is 5.89. The Morgan fingerprint density at radius 3 is 2.40 bits per heavy atom. The first-order valence-corrected chi connectivity index (χ1v) is 8.87. The lowest BCUT2D eigenvalue weighted by molar-refractivity contribution is 0.466. The molecule has 0 saturated heterocycles. The topological polar surface area (TPSA) is 49.3 Å². The van der Waals surface area contributed by atoms with Crippen molar-refractivity contribution in [3.05, 3.63) is 94.7 Å². The highest BCUT2D eigenvalue weighted by molar-refractivity contribution is 9.10. The predicted molar refractivity (Wildman–Crippen MR) is 104 cm³/mol. The maximum absolute atomic E-state index is 4.68. The molecule has 0 saturated carbocycles. The van der Waals surface area contributed by atoms with Gasteiger partial charge in [-0.05, 0) is 42.0 Å². The number of aliphatic imine (C=N–C) groups is 1. The normalized spacial score (nSPS) is 22.0. The van der Waals surface area contributed by atoms with Crippen LogP contribution in [0.25, 0.3) is 0 Å². The van der Waals surface area contributed by atoms with E-state index in [1.807, 2.05) is 66.9 Å². The number of hydrogen-bond acceptors (Lipinski definition) is 4. The number of anilines is 1. The van der Waals surface area contributed by atoms with Crippen LogP contribution in [0.4, 0.5) is 5.69 Å². The third kappa shape index (κ3) is 3.34. The highest BCUT2D eigenvalue weighted by Gasteiger charge is 2.38. The summed E-state index contributed by atoms with van der Waals surface area (Å²) in [6, 6.07) is 24.2. The van der Waals surface area contributed by atoms with Gasteiger partial charge in [0.1, 0.15) is 6.17 Å². The predicted octanol–water partition coefficient (Wildman–Crippen LogP) is 4.48. The summed E-state index contributed by atoms with van der Waals surface area (Å²) in [7, 11) is 0. The summed E-state index contributed by atoms with van der Waals surface area (Å²) in [6.45, 7) is 0. The minimum absolute atomic E-state index is 0.190. The number of nitrogens with one attached hydrogen (secondary N) is 2. The largest absolute Gasteiger partial charge is 0.359 e. The third-order valence-electron chi connectivity index (χ3n) is 4.16. The average molecular weight is 393 g/mol. The molecule has 5 heteroatoms. The molecule has 1 aliphatic rings. The lowest BCUT2D eigenvalue weighted by Crippen LogP contribution is -2.47. The smallest absolute Gasteiger partial charge is 0.153 e. The minimum atomic E-state index is -0.586. The molecule has 25 heavy (non-hydrogen) atoms. The van der Waals surface area contributed by atoms with Gasteiger partial charge in [0.05, 0.1) is 5.69 Å². The number of halogens is 1. The van der Waals surface area contributed by atoms with E-state index in [2.05, 4.69) is 48.7 Å². The SMILES string of the molecule is Brc1ccc(NC2(c3ccccc3)C=NC(c3ccccn3)N2)cc1. The van der Waals surface area contributed by atoms with Crippen LogP contribution in [0.2, 0.25) is 0 Å². The molecule has 0 aliphatic carbocycles. The van der Waals surface area contributed by atoms with Crippen molar-refractivity contribution in [2.75, 3.05) is 5.32 Å². The molecule has 1 aliphatic heterocycles. The molecule has 2 heterocycles. The maximum atomic E-state index is 4.68. The monoisotopic (exact) mass is 392 g/mol. The van der Waals surface area contributed by atoms with Crippen LogP contribution >= 0.6 is 15.9 Å². The average Bonchev–Trinajstić information content (AvgIpc) is 3.11. The van der Waals surface area contributed by atoms with Crippen molar-refractivity contribution in [1.29, 1.82) is 0 Å². The number of hydrogen-bond donors (Lipinski definition) is 2. The van der Waals surface area contributed by atoms with Gasteiger partial charge in [0.15, 0.2) is 5.66 Å². The molecule has 3 aromatic rings. The fourth-order valence-electron chi connectivity index (χ4n) is 2.92. The van der Waals surface area contributed by atoms with Crippen molar-refractivity contribution in [3.63, 3.8) is 0 Å². The third-order valence-corrected chi connectivity index (χ3v) is 4.69. The summed E-state index contributed by atoms with van der Waals surface area (Å²) < 4.78 is 1.05. The van der Waals surface area contributed by atoms with Crippen LogP contribution in [0.3, 0.4) is 0 Å². The highest BCUT2D eigenvalue weighted by atomic mass is 79.9. The molecule has 0 amide bonds. The lowest BCUT2D eigenvalue weighted by atomic mass is 10.0. The van der Waals surface area contributed by atoms with E-state index in [1.165, 1.54) is 0 Å². The van der Waals surface area contributed by atoms with Crippen molar-refractivity contribution in [3.8, 4) is 0 Å². The Hall–Kier alpha value is -2.50. The molecular weight excluding hydrogens is 376 g/mol. The molecule has 0 bridgehead atoms. The van der Waals surface area contributed by atoms with Crippen LogP contribution in [0.1, 0.15) is 17.4 Å². The van der Waals surface area contributed by atoms with Gasteiger partial charge < -0.3 is 5.32 Å². The van der Waals surface area contributed by atoms with E-state index < -0.39 is 5.66 Å². The summed E-state index contributed by atoms with van der Waals surface area (Å²) in [6.07, 6.45) is 3.53. The molecule has 0 spiro atoms. The Bertz CT molecular complexity index is 865. The number of benzene rings is 2. The first-order chi connectivity index (χ1) is 12.3. The molecule has 4 rings (SSSR count). The summed E-state index contributed by atoms with van der Waals surface area (Å²) in [5, 5.41) is 7.18.